The fraction of sp³-hybridized carbons (Fsp3) is 0.130. The molecule has 1 N–H and O–H groups in total. The highest BCUT2D eigenvalue weighted by molar-refractivity contribution is 7.98. The summed E-state index contributed by atoms with van der Waals surface area (Å²) in [6, 6.07) is 17.0. The lowest BCUT2D eigenvalue weighted by Gasteiger charge is -2.09. The first-order chi connectivity index (χ1) is 15.0. The van der Waals surface area contributed by atoms with Crippen molar-refractivity contribution in [3.63, 3.8) is 0 Å². The molecule has 0 aliphatic heterocycles. The Labute approximate surface area is 181 Å². The van der Waals surface area contributed by atoms with E-state index in [9.17, 15) is 9.59 Å². The number of nitrogens with zero attached hydrogens (tertiary/aromatic N) is 3. The summed E-state index contributed by atoms with van der Waals surface area (Å²) in [6.45, 7) is 3.50. The number of carbonyl (C=O) groups is 1. The van der Waals surface area contributed by atoms with Crippen LogP contribution in [0.25, 0.3) is 27.5 Å². The van der Waals surface area contributed by atoms with E-state index in [1.807, 2.05) is 28.7 Å². The van der Waals surface area contributed by atoms with E-state index in [0.717, 1.165) is 38.2 Å². The molecule has 0 fully saturated rings. The van der Waals surface area contributed by atoms with Crippen LogP contribution in [0.15, 0.2) is 69.0 Å². The molecule has 0 unspecified atom stereocenters. The number of carbonyl (C=O) groups excluding carboxylic acids is 1. The minimum atomic E-state index is -0.435. The van der Waals surface area contributed by atoms with Gasteiger partial charge in [0.2, 0.25) is 5.91 Å². The molecule has 31 heavy (non-hydrogen) atoms. The van der Waals surface area contributed by atoms with Crippen LogP contribution in [0.2, 0.25) is 0 Å². The maximum atomic E-state index is 12.1. The number of benzene rings is 2. The van der Waals surface area contributed by atoms with Gasteiger partial charge < -0.3 is 9.73 Å². The van der Waals surface area contributed by atoms with Gasteiger partial charge in [-0.2, -0.15) is 0 Å². The molecule has 0 atom stereocenters. The normalized spacial score (nSPS) is 11.4. The summed E-state index contributed by atoms with van der Waals surface area (Å²) >= 11 is 1.51. The zero-order chi connectivity index (χ0) is 21.5. The maximum Gasteiger partial charge on any atom is 0.336 e. The number of amides is 1. The molecule has 8 heteroatoms. The third-order valence-corrected chi connectivity index (χ3v) is 6.06. The van der Waals surface area contributed by atoms with Crippen LogP contribution in [0.3, 0.4) is 0 Å². The summed E-state index contributed by atoms with van der Waals surface area (Å²) in [5, 5.41) is 14.1. The van der Waals surface area contributed by atoms with Crippen molar-refractivity contribution in [1.82, 2.24) is 14.6 Å². The fourth-order valence-electron chi connectivity index (χ4n) is 3.74. The Morgan fingerprint density at radius 2 is 1.94 bits per heavy atom. The third kappa shape index (κ3) is 3.55. The molecular weight excluding hydrogens is 412 g/mol. The van der Waals surface area contributed by atoms with Gasteiger partial charge in [0.05, 0.1) is 5.52 Å². The van der Waals surface area contributed by atoms with Crippen LogP contribution in [0.4, 0.5) is 5.69 Å². The number of thioether (sulfide) groups is 1. The number of fused-ring (bicyclic) bond motifs is 4. The lowest BCUT2D eigenvalue weighted by molar-refractivity contribution is -0.114. The van der Waals surface area contributed by atoms with Gasteiger partial charge in [0, 0.05) is 41.3 Å². The second-order valence-corrected chi connectivity index (χ2v) is 8.23. The van der Waals surface area contributed by atoms with Crippen LogP contribution in [-0.4, -0.2) is 20.5 Å². The molecule has 2 aromatic carbocycles. The smallest absolute Gasteiger partial charge is 0.336 e. The van der Waals surface area contributed by atoms with Crippen LogP contribution in [0.5, 0.6) is 0 Å². The Bertz CT molecular complexity index is 1540. The molecule has 0 bridgehead atoms. The summed E-state index contributed by atoms with van der Waals surface area (Å²) in [5.41, 5.74) is 4.39. The third-order valence-electron chi connectivity index (χ3n) is 5.08. The van der Waals surface area contributed by atoms with E-state index in [1.54, 1.807) is 12.1 Å². The zero-order valence-electron chi connectivity index (χ0n) is 16.9. The van der Waals surface area contributed by atoms with Crippen LogP contribution in [-0.2, 0) is 10.5 Å². The molecule has 3 heterocycles. The molecule has 0 spiro atoms. The predicted molar refractivity (Wildman–Crippen MR) is 122 cm³/mol. The number of nitrogens with one attached hydrogen (secondary N) is 1. The van der Waals surface area contributed by atoms with Crippen molar-refractivity contribution in [2.45, 2.75) is 24.8 Å². The first-order valence-electron chi connectivity index (χ1n) is 9.70. The molecule has 7 nitrogen and oxygen atoms in total. The minimum absolute atomic E-state index is 0.186. The van der Waals surface area contributed by atoms with Gasteiger partial charge in [-0.15, -0.1) is 10.2 Å². The van der Waals surface area contributed by atoms with Crippen molar-refractivity contribution in [2.24, 2.45) is 0 Å². The van der Waals surface area contributed by atoms with Crippen LogP contribution in [0, 0.1) is 6.92 Å². The topological polar surface area (TPSA) is 89.5 Å². The van der Waals surface area contributed by atoms with E-state index in [-0.39, 0.29) is 5.91 Å². The Kier molecular flexibility index (Phi) is 4.71. The minimum Gasteiger partial charge on any atom is -0.423 e. The van der Waals surface area contributed by atoms with Crippen LogP contribution >= 0.6 is 11.8 Å². The van der Waals surface area contributed by atoms with Crippen molar-refractivity contribution >= 4 is 50.9 Å². The average molecular weight is 430 g/mol. The molecule has 154 valence electrons. The second-order valence-electron chi connectivity index (χ2n) is 7.29. The highest BCUT2D eigenvalue weighted by Crippen LogP contribution is 2.30. The number of rotatable bonds is 4. The van der Waals surface area contributed by atoms with Gasteiger partial charge in [-0.05, 0) is 42.3 Å². The van der Waals surface area contributed by atoms with Gasteiger partial charge in [-0.1, -0.05) is 30.0 Å². The molecule has 1 amide bonds. The molecular formula is C23H18N4O3S. The summed E-state index contributed by atoms with van der Waals surface area (Å²) in [4.78, 5) is 23.4. The summed E-state index contributed by atoms with van der Waals surface area (Å²) in [7, 11) is 0. The van der Waals surface area contributed by atoms with Gasteiger partial charge in [-0.25, -0.2) is 4.79 Å². The largest absolute Gasteiger partial charge is 0.423 e. The van der Waals surface area contributed by atoms with E-state index in [2.05, 4.69) is 34.6 Å². The number of para-hydroxylation sites is 1. The molecule has 0 saturated carbocycles. The van der Waals surface area contributed by atoms with E-state index < -0.39 is 5.63 Å². The molecule has 0 aliphatic rings. The van der Waals surface area contributed by atoms with Crippen molar-refractivity contribution in [3.05, 3.63) is 76.1 Å². The Hall–Kier alpha value is -3.65. The van der Waals surface area contributed by atoms with E-state index >= 15 is 0 Å². The number of hydrogen-bond acceptors (Lipinski definition) is 6. The first-order valence-corrected chi connectivity index (χ1v) is 10.7. The summed E-state index contributed by atoms with van der Waals surface area (Å²) in [5.74, 6) is 0.333. The second kappa shape index (κ2) is 7.55. The number of aryl methyl sites for hydroxylation is 1. The monoisotopic (exact) mass is 430 g/mol. The Morgan fingerprint density at radius 3 is 2.77 bits per heavy atom. The molecule has 0 radical (unpaired) electrons. The van der Waals surface area contributed by atoms with E-state index in [1.165, 1.54) is 24.8 Å². The summed E-state index contributed by atoms with van der Waals surface area (Å²) in [6.07, 6.45) is 0. The average Bonchev–Trinajstić information content (AvgIpc) is 3.14. The van der Waals surface area contributed by atoms with Crippen molar-refractivity contribution in [2.75, 3.05) is 5.32 Å². The molecule has 5 aromatic rings. The Balaban J connectivity index is 1.54. The standard InChI is InChI=1S/C23H18N4O3S/c1-13-9-21-25-26-23(27(21)19-6-4-3-5-17(13)19)31-12-15-10-22(29)30-20-11-16(24-14(2)28)7-8-18(15)20/h3-11H,12H2,1-2H3,(H,24,28). The summed E-state index contributed by atoms with van der Waals surface area (Å²) < 4.78 is 7.39. The van der Waals surface area contributed by atoms with Crippen molar-refractivity contribution in [1.29, 1.82) is 0 Å². The first kappa shape index (κ1) is 19.3. The number of hydrogen-bond donors (Lipinski definition) is 1. The number of pyridine rings is 1. The molecule has 3 aromatic heterocycles. The quantitative estimate of drug-likeness (QED) is 0.332. The fourth-order valence-corrected chi connectivity index (χ4v) is 4.68. The van der Waals surface area contributed by atoms with Crippen LogP contribution < -0.4 is 10.9 Å². The number of aromatic nitrogens is 3. The van der Waals surface area contributed by atoms with Gasteiger partial charge in [0.25, 0.3) is 0 Å². The lowest BCUT2D eigenvalue weighted by Crippen LogP contribution is -2.06. The van der Waals surface area contributed by atoms with Gasteiger partial charge in [0.1, 0.15) is 5.58 Å². The van der Waals surface area contributed by atoms with E-state index in [0.29, 0.717) is 17.0 Å². The zero-order valence-corrected chi connectivity index (χ0v) is 17.7. The van der Waals surface area contributed by atoms with E-state index in [4.69, 9.17) is 4.42 Å². The highest BCUT2D eigenvalue weighted by Gasteiger charge is 2.13. The SMILES string of the molecule is CC(=O)Nc1ccc2c(CSc3nnc4cc(C)c5ccccc5n34)cc(=O)oc2c1. The van der Waals surface area contributed by atoms with Crippen LogP contribution in [0.1, 0.15) is 18.1 Å². The Morgan fingerprint density at radius 1 is 1.10 bits per heavy atom. The van der Waals surface area contributed by atoms with Gasteiger partial charge in [-0.3, -0.25) is 9.20 Å². The van der Waals surface area contributed by atoms with Crippen molar-refractivity contribution in [3.8, 4) is 0 Å². The van der Waals surface area contributed by atoms with Gasteiger partial charge >= 0.3 is 5.63 Å². The maximum absolute atomic E-state index is 12.1. The molecule has 0 aliphatic carbocycles. The molecule has 5 rings (SSSR count). The lowest BCUT2D eigenvalue weighted by atomic mass is 10.1. The number of anilines is 1. The predicted octanol–water partition coefficient (Wildman–Crippen LogP) is 4.55. The highest BCUT2D eigenvalue weighted by atomic mass is 32.2. The van der Waals surface area contributed by atoms with Crippen molar-refractivity contribution < 1.29 is 9.21 Å². The van der Waals surface area contributed by atoms with Gasteiger partial charge in [0.15, 0.2) is 10.8 Å². The molecule has 0 saturated heterocycles.